The Morgan fingerprint density at radius 2 is 1.39 bits per heavy atom. The zero-order valence-corrected chi connectivity index (χ0v) is 20.6. The summed E-state index contributed by atoms with van der Waals surface area (Å²) in [5, 5.41) is 0. The number of piperazine rings is 1. The third kappa shape index (κ3) is 5.16. The summed E-state index contributed by atoms with van der Waals surface area (Å²) in [6, 6.07) is 22.2. The Bertz CT molecular complexity index is 1170. The summed E-state index contributed by atoms with van der Waals surface area (Å²) in [7, 11) is 3.35. The van der Waals surface area contributed by atoms with Crippen molar-refractivity contribution < 1.29 is 23.7 Å². The lowest BCUT2D eigenvalue weighted by Crippen LogP contribution is -2.49. The molecular weight excluding hydrogens is 456 g/mol. The fraction of sp³-hybridized carbons (Fsp3) is 0.276. The fourth-order valence-corrected chi connectivity index (χ4v) is 4.68. The molecule has 0 saturated carbocycles. The number of amides is 1. The van der Waals surface area contributed by atoms with Gasteiger partial charge in [0.15, 0.2) is 11.5 Å². The average molecular weight is 487 g/mol. The number of carbonyl (C=O) groups excluding carboxylic acids is 1. The van der Waals surface area contributed by atoms with Crippen molar-refractivity contribution in [3.05, 3.63) is 89.5 Å². The first-order valence-electron chi connectivity index (χ1n) is 12.0. The molecule has 2 heterocycles. The van der Waals surface area contributed by atoms with Gasteiger partial charge in [-0.2, -0.15) is 0 Å². The third-order valence-electron chi connectivity index (χ3n) is 6.67. The van der Waals surface area contributed by atoms with Crippen LogP contribution in [0.5, 0.6) is 23.0 Å². The molecule has 0 spiro atoms. The lowest BCUT2D eigenvalue weighted by Gasteiger charge is -2.39. The maximum absolute atomic E-state index is 12.9. The zero-order valence-electron chi connectivity index (χ0n) is 20.6. The van der Waals surface area contributed by atoms with E-state index in [1.807, 2.05) is 53.4 Å². The van der Waals surface area contributed by atoms with Gasteiger partial charge in [-0.1, -0.05) is 30.3 Å². The van der Waals surface area contributed by atoms with Crippen LogP contribution < -0.4 is 18.9 Å². The molecule has 0 atom stereocenters. The van der Waals surface area contributed by atoms with E-state index in [0.717, 1.165) is 35.9 Å². The van der Waals surface area contributed by atoms with E-state index in [0.29, 0.717) is 18.8 Å². The first-order valence-corrected chi connectivity index (χ1v) is 12.0. The quantitative estimate of drug-likeness (QED) is 0.462. The van der Waals surface area contributed by atoms with Crippen LogP contribution in [-0.2, 0) is 4.79 Å². The predicted octanol–water partition coefficient (Wildman–Crippen LogP) is 4.38. The number of benzene rings is 3. The number of methoxy groups -OCH3 is 2. The lowest BCUT2D eigenvalue weighted by atomic mass is 9.96. The highest BCUT2D eigenvalue weighted by atomic mass is 16.7. The number of hydrogen-bond acceptors (Lipinski definition) is 6. The summed E-state index contributed by atoms with van der Waals surface area (Å²) in [6.07, 6.45) is 3.46. The van der Waals surface area contributed by atoms with Crippen molar-refractivity contribution in [1.29, 1.82) is 0 Å². The highest BCUT2D eigenvalue weighted by Gasteiger charge is 2.28. The number of carbonyl (C=O) groups is 1. The van der Waals surface area contributed by atoms with Gasteiger partial charge in [-0.15, -0.1) is 0 Å². The van der Waals surface area contributed by atoms with E-state index in [2.05, 4.69) is 29.2 Å². The van der Waals surface area contributed by atoms with Gasteiger partial charge in [-0.3, -0.25) is 9.69 Å². The molecule has 36 heavy (non-hydrogen) atoms. The number of ether oxygens (including phenoxy) is 4. The Labute approximate surface area is 211 Å². The Morgan fingerprint density at radius 1 is 0.806 bits per heavy atom. The normalized spacial score (nSPS) is 15.5. The minimum absolute atomic E-state index is 0.0118. The van der Waals surface area contributed by atoms with Crippen LogP contribution in [0.15, 0.2) is 72.8 Å². The second-order valence-electron chi connectivity index (χ2n) is 8.76. The summed E-state index contributed by atoms with van der Waals surface area (Å²) in [4.78, 5) is 17.2. The van der Waals surface area contributed by atoms with Crippen molar-refractivity contribution in [2.45, 2.75) is 6.04 Å². The molecule has 0 N–H and O–H groups in total. The Balaban J connectivity index is 1.27. The Hall–Kier alpha value is -3.97. The van der Waals surface area contributed by atoms with Crippen molar-refractivity contribution in [2.75, 3.05) is 47.2 Å². The molecule has 3 aromatic rings. The van der Waals surface area contributed by atoms with Crippen LogP contribution in [0.1, 0.15) is 22.7 Å². The Kier molecular flexibility index (Phi) is 7.09. The monoisotopic (exact) mass is 486 g/mol. The lowest BCUT2D eigenvalue weighted by molar-refractivity contribution is -0.127. The van der Waals surface area contributed by atoms with Crippen molar-refractivity contribution >= 4 is 12.0 Å². The van der Waals surface area contributed by atoms with Crippen molar-refractivity contribution in [1.82, 2.24) is 9.80 Å². The maximum atomic E-state index is 12.9. The minimum Gasteiger partial charge on any atom is -0.497 e. The molecule has 7 heteroatoms. The third-order valence-corrected chi connectivity index (χ3v) is 6.67. The topological polar surface area (TPSA) is 60.5 Å². The molecule has 0 radical (unpaired) electrons. The van der Waals surface area contributed by atoms with Gasteiger partial charge in [-0.25, -0.2) is 0 Å². The molecular formula is C29H30N2O5. The molecule has 186 valence electrons. The summed E-state index contributed by atoms with van der Waals surface area (Å²) in [6.45, 7) is 3.10. The molecule has 5 rings (SSSR count). The first-order chi connectivity index (χ1) is 17.6. The second kappa shape index (κ2) is 10.7. The van der Waals surface area contributed by atoms with Crippen LogP contribution in [0.3, 0.4) is 0 Å². The van der Waals surface area contributed by atoms with Gasteiger partial charge >= 0.3 is 0 Å². The summed E-state index contributed by atoms with van der Waals surface area (Å²) in [5.74, 6) is 3.12. The zero-order chi connectivity index (χ0) is 24.9. The van der Waals surface area contributed by atoms with Crippen LogP contribution in [0, 0.1) is 0 Å². The number of rotatable bonds is 7. The van der Waals surface area contributed by atoms with E-state index in [1.54, 1.807) is 20.3 Å². The number of fused-ring (bicyclic) bond motifs is 1. The molecule has 2 aliphatic rings. The molecule has 3 aromatic carbocycles. The standard InChI is InChI=1S/C29H30N2O5/c1-33-24-9-5-22(6-10-24)29(23-7-11-25(34-2)12-8-23)31-17-15-30(16-18-31)28(32)14-4-21-3-13-26-27(19-21)36-20-35-26/h3-14,19,29H,15-18,20H2,1-2H3/b14-4+. The molecule has 7 nitrogen and oxygen atoms in total. The van der Waals surface area contributed by atoms with E-state index in [4.69, 9.17) is 18.9 Å². The largest absolute Gasteiger partial charge is 0.497 e. The first kappa shape index (κ1) is 23.8. The van der Waals surface area contributed by atoms with E-state index in [9.17, 15) is 4.79 Å². The fourth-order valence-electron chi connectivity index (χ4n) is 4.68. The van der Waals surface area contributed by atoms with Crippen LogP contribution in [0.4, 0.5) is 0 Å². The minimum atomic E-state index is 0.0118. The van der Waals surface area contributed by atoms with E-state index in [-0.39, 0.29) is 18.7 Å². The van der Waals surface area contributed by atoms with E-state index >= 15 is 0 Å². The van der Waals surface area contributed by atoms with Crippen molar-refractivity contribution in [3.8, 4) is 23.0 Å². The smallest absolute Gasteiger partial charge is 0.246 e. The Morgan fingerprint density at radius 3 is 1.97 bits per heavy atom. The molecule has 1 saturated heterocycles. The van der Waals surface area contributed by atoms with Crippen molar-refractivity contribution in [3.63, 3.8) is 0 Å². The molecule has 1 amide bonds. The SMILES string of the molecule is COc1ccc(C(c2ccc(OC)cc2)N2CCN(C(=O)/C=C/c3ccc4c(c3)OCO4)CC2)cc1. The number of hydrogen-bond donors (Lipinski definition) is 0. The molecule has 0 bridgehead atoms. The summed E-state index contributed by atoms with van der Waals surface area (Å²) in [5.41, 5.74) is 3.28. The molecule has 0 aromatic heterocycles. The van der Waals surface area contributed by atoms with Crippen LogP contribution >= 0.6 is 0 Å². The molecule has 0 unspecified atom stereocenters. The highest BCUT2D eigenvalue weighted by Crippen LogP contribution is 2.33. The average Bonchev–Trinajstić information content (AvgIpc) is 3.41. The van der Waals surface area contributed by atoms with Crippen molar-refractivity contribution in [2.24, 2.45) is 0 Å². The van der Waals surface area contributed by atoms with Crippen LogP contribution in [0.2, 0.25) is 0 Å². The summed E-state index contributed by atoms with van der Waals surface area (Å²) >= 11 is 0. The molecule has 2 aliphatic heterocycles. The van der Waals surface area contributed by atoms with Gasteiger partial charge in [0.1, 0.15) is 11.5 Å². The van der Waals surface area contributed by atoms with Gasteiger partial charge in [0.2, 0.25) is 12.7 Å². The predicted molar refractivity (Wildman–Crippen MR) is 138 cm³/mol. The second-order valence-corrected chi connectivity index (χ2v) is 8.76. The highest BCUT2D eigenvalue weighted by molar-refractivity contribution is 5.92. The van der Waals surface area contributed by atoms with Gasteiger partial charge in [-0.05, 0) is 59.2 Å². The maximum Gasteiger partial charge on any atom is 0.246 e. The van der Waals surface area contributed by atoms with E-state index in [1.165, 1.54) is 11.1 Å². The molecule has 0 aliphatic carbocycles. The number of nitrogens with zero attached hydrogens (tertiary/aromatic N) is 2. The van der Waals surface area contributed by atoms with Crippen LogP contribution in [0.25, 0.3) is 6.08 Å². The van der Waals surface area contributed by atoms with E-state index < -0.39 is 0 Å². The van der Waals surface area contributed by atoms with Crippen LogP contribution in [-0.4, -0.2) is 62.9 Å². The van der Waals surface area contributed by atoms with Gasteiger partial charge < -0.3 is 23.8 Å². The van der Waals surface area contributed by atoms with Gasteiger partial charge in [0.25, 0.3) is 0 Å². The summed E-state index contributed by atoms with van der Waals surface area (Å²) < 4.78 is 21.5. The molecule has 1 fully saturated rings. The van der Waals surface area contributed by atoms with Gasteiger partial charge in [0, 0.05) is 32.3 Å². The van der Waals surface area contributed by atoms with Gasteiger partial charge in [0.05, 0.1) is 20.3 Å².